The summed E-state index contributed by atoms with van der Waals surface area (Å²) in [6, 6.07) is 11.3. The van der Waals surface area contributed by atoms with Crippen molar-refractivity contribution in [2.45, 2.75) is 26.1 Å². The Labute approximate surface area is 181 Å². The minimum absolute atomic E-state index is 0.388. The Hall–Kier alpha value is -3.81. The summed E-state index contributed by atoms with van der Waals surface area (Å²) in [7, 11) is 0. The molecule has 0 aliphatic carbocycles. The van der Waals surface area contributed by atoms with Gasteiger partial charge in [0, 0.05) is 16.7 Å². The highest BCUT2D eigenvalue weighted by molar-refractivity contribution is 5.95. The van der Waals surface area contributed by atoms with Crippen molar-refractivity contribution in [3.63, 3.8) is 0 Å². The molecule has 2 N–H and O–H groups in total. The number of carbonyl (C=O) groups excluding carboxylic acids is 1. The van der Waals surface area contributed by atoms with Crippen LogP contribution >= 0.6 is 0 Å². The molecule has 1 aromatic heterocycles. The molecule has 164 valence electrons. The summed E-state index contributed by atoms with van der Waals surface area (Å²) < 4.78 is 45.6. The normalized spacial score (nSPS) is 13.0. The number of H-pyrrole nitrogens is 1. The third-order valence-electron chi connectivity index (χ3n) is 5.28. The molecule has 1 aliphatic heterocycles. The van der Waals surface area contributed by atoms with Crippen molar-refractivity contribution in [3.8, 4) is 11.5 Å². The molecule has 32 heavy (non-hydrogen) atoms. The number of pyridine rings is 1. The van der Waals surface area contributed by atoms with E-state index in [4.69, 9.17) is 4.74 Å². The number of halogens is 3. The number of rotatable bonds is 3. The Balaban J connectivity index is 1.78. The summed E-state index contributed by atoms with van der Waals surface area (Å²) in [5.41, 5.74) is 0.0464. The van der Waals surface area contributed by atoms with E-state index in [9.17, 15) is 22.8 Å². The number of aryl methyl sites for hydroxylation is 2. The summed E-state index contributed by atoms with van der Waals surface area (Å²) in [4.78, 5) is 27.1. The molecule has 3 aromatic rings. The van der Waals surface area contributed by atoms with Crippen LogP contribution < -0.4 is 15.6 Å². The van der Waals surface area contributed by atoms with Crippen LogP contribution in [-0.4, -0.2) is 10.9 Å². The Morgan fingerprint density at radius 2 is 1.62 bits per heavy atom. The van der Waals surface area contributed by atoms with Crippen molar-refractivity contribution in [3.05, 3.63) is 98.5 Å². The van der Waals surface area contributed by atoms with Crippen molar-refractivity contribution >= 4 is 12.0 Å². The van der Waals surface area contributed by atoms with Gasteiger partial charge in [-0.3, -0.25) is 9.59 Å². The van der Waals surface area contributed by atoms with Crippen molar-refractivity contribution in [2.75, 3.05) is 0 Å². The Morgan fingerprint density at radius 3 is 2.12 bits per heavy atom. The quantitative estimate of drug-likeness (QED) is 0.582. The van der Waals surface area contributed by atoms with Gasteiger partial charge in [-0.1, -0.05) is 36.9 Å². The van der Waals surface area contributed by atoms with E-state index in [1.165, 1.54) is 0 Å². The Morgan fingerprint density at radius 1 is 1.06 bits per heavy atom. The first kappa shape index (κ1) is 21.4. The van der Waals surface area contributed by atoms with Crippen LogP contribution in [0, 0.1) is 13.8 Å². The zero-order chi connectivity index (χ0) is 23.2. The van der Waals surface area contributed by atoms with Crippen molar-refractivity contribution < 1.29 is 22.7 Å². The number of hydrogen-bond acceptors (Lipinski definition) is 3. The van der Waals surface area contributed by atoms with E-state index in [-0.39, 0.29) is 5.56 Å². The van der Waals surface area contributed by atoms with Gasteiger partial charge < -0.3 is 15.0 Å². The fourth-order valence-corrected chi connectivity index (χ4v) is 3.70. The van der Waals surface area contributed by atoms with Crippen LogP contribution in [0.4, 0.5) is 13.2 Å². The number of aromatic amines is 1. The first-order valence-electron chi connectivity index (χ1n) is 9.75. The van der Waals surface area contributed by atoms with Gasteiger partial charge in [0.05, 0.1) is 6.04 Å². The molecule has 5 nitrogen and oxygen atoms in total. The van der Waals surface area contributed by atoms with Gasteiger partial charge in [-0.15, -0.1) is 0 Å². The highest BCUT2D eigenvalue weighted by atomic mass is 19.4. The maximum Gasteiger partial charge on any atom is 0.431 e. The van der Waals surface area contributed by atoms with Crippen LogP contribution in [-0.2, 0) is 6.18 Å². The molecule has 8 heteroatoms. The lowest BCUT2D eigenvalue weighted by Gasteiger charge is -2.29. The number of amides is 1. The fraction of sp³-hybridized carbons (Fsp3) is 0.167. The number of hydrogen-bond donors (Lipinski definition) is 2. The molecule has 0 radical (unpaired) electrons. The highest BCUT2D eigenvalue weighted by Crippen LogP contribution is 2.43. The molecule has 4 rings (SSSR count). The average Bonchev–Trinajstić information content (AvgIpc) is 2.72. The van der Waals surface area contributed by atoms with Gasteiger partial charge in [-0.05, 0) is 43.2 Å². The van der Waals surface area contributed by atoms with Crippen LogP contribution in [0.2, 0.25) is 0 Å². The lowest BCUT2D eigenvalue weighted by Crippen LogP contribution is -2.35. The van der Waals surface area contributed by atoms with Crippen LogP contribution in [0.25, 0.3) is 6.08 Å². The zero-order valence-corrected chi connectivity index (χ0v) is 17.3. The number of benzene rings is 2. The molecule has 0 saturated heterocycles. The summed E-state index contributed by atoms with van der Waals surface area (Å²) in [5, 5.41) is 2.78. The molecule has 1 amide bonds. The van der Waals surface area contributed by atoms with Gasteiger partial charge in [-0.2, -0.15) is 13.2 Å². The summed E-state index contributed by atoms with van der Waals surface area (Å²) >= 11 is 0. The fourth-order valence-electron chi connectivity index (χ4n) is 3.70. The number of aromatic nitrogens is 1. The first-order chi connectivity index (χ1) is 15.1. The van der Waals surface area contributed by atoms with Gasteiger partial charge in [0.15, 0.2) is 0 Å². The topological polar surface area (TPSA) is 71.2 Å². The monoisotopic (exact) mass is 440 g/mol. The second kappa shape index (κ2) is 7.71. The zero-order valence-electron chi connectivity index (χ0n) is 17.3. The van der Waals surface area contributed by atoms with Crippen molar-refractivity contribution in [1.29, 1.82) is 0 Å². The van der Waals surface area contributed by atoms with Gasteiger partial charge in [0.25, 0.3) is 11.5 Å². The van der Waals surface area contributed by atoms with Gasteiger partial charge in [0.1, 0.15) is 22.8 Å². The minimum Gasteiger partial charge on any atom is -0.457 e. The molecule has 0 saturated carbocycles. The van der Waals surface area contributed by atoms with E-state index >= 15 is 0 Å². The largest absolute Gasteiger partial charge is 0.457 e. The van der Waals surface area contributed by atoms with E-state index in [0.29, 0.717) is 22.6 Å². The molecule has 0 unspecified atom stereocenters. The summed E-state index contributed by atoms with van der Waals surface area (Å²) in [5.74, 6) is 0.302. The standard InChI is InChI=1S/C24H19F3N2O3/c1-4-14-11-17(23(31)29-21(14)24(25,26)27)22(30)28-20-15-7-5-12(2)9-18(15)32-19-10-13(3)6-8-16(19)20/h4-11,20H,1H2,2-3H3,(H,28,30)(H,29,31). The van der Waals surface area contributed by atoms with Gasteiger partial charge in [-0.25, -0.2) is 0 Å². The van der Waals surface area contributed by atoms with E-state index in [1.54, 1.807) is 4.98 Å². The number of nitrogens with one attached hydrogen (secondary N) is 2. The SMILES string of the molecule is C=Cc1cc(C(=O)NC2c3ccc(C)cc3Oc3cc(C)ccc32)c(=O)[nH]c1C(F)(F)F. The molecule has 0 atom stereocenters. The van der Waals surface area contributed by atoms with E-state index in [2.05, 4.69) is 11.9 Å². The maximum atomic E-state index is 13.2. The molecule has 2 aromatic carbocycles. The molecule has 2 heterocycles. The maximum absolute atomic E-state index is 13.2. The Kier molecular flexibility index (Phi) is 5.16. The van der Waals surface area contributed by atoms with E-state index < -0.39 is 34.9 Å². The van der Waals surface area contributed by atoms with E-state index in [0.717, 1.165) is 23.3 Å². The summed E-state index contributed by atoms with van der Waals surface area (Å²) in [6.45, 7) is 7.17. The van der Waals surface area contributed by atoms with Crippen LogP contribution in [0.5, 0.6) is 11.5 Å². The predicted molar refractivity (Wildman–Crippen MR) is 114 cm³/mol. The third-order valence-corrected chi connectivity index (χ3v) is 5.28. The summed E-state index contributed by atoms with van der Waals surface area (Å²) in [6.07, 6.45) is -3.84. The number of ether oxygens (including phenoxy) is 1. The average molecular weight is 440 g/mol. The van der Waals surface area contributed by atoms with Crippen LogP contribution in [0.3, 0.4) is 0 Å². The molecular formula is C24H19F3N2O3. The first-order valence-corrected chi connectivity index (χ1v) is 9.75. The van der Waals surface area contributed by atoms with Crippen LogP contribution in [0.15, 0.2) is 53.8 Å². The van der Waals surface area contributed by atoms with E-state index in [1.807, 2.05) is 50.2 Å². The third kappa shape index (κ3) is 3.79. The lowest BCUT2D eigenvalue weighted by molar-refractivity contribution is -0.141. The van der Waals surface area contributed by atoms with Gasteiger partial charge in [0.2, 0.25) is 0 Å². The number of carbonyl (C=O) groups is 1. The highest BCUT2D eigenvalue weighted by Gasteiger charge is 2.36. The predicted octanol–water partition coefficient (Wildman–Crippen LogP) is 5.28. The van der Waals surface area contributed by atoms with Crippen LogP contribution in [0.1, 0.15) is 49.9 Å². The van der Waals surface area contributed by atoms with Gasteiger partial charge >= 0.3 is 6.18 Å². The molecule has 0 fully saturated rings. The number of fused-ring (bicyclic) bond motifs is 2. The smallest absolute Gasteiger partial charge is 0.431 e. The molecule has 0 bridgehead atoms. The lowest BCUT2D eigenvalue weighted by atomic mass is 9.92. The van der Waals surface area contributed by atoms with Crippen molar-refractivity contribution in [1.82, 2.24) is 10.3 Å². The Bertz CT molecular complexity index is 1260. The minimum atomic E-state index is -4.79. The molecule has 0 spiro atoms. The second-order valence-corrected chi connectivity index (χ2v) is 7.64. The molecule has 1 aliphatic rings. The second-order valence-electron chi connectivity index (χ2n) is 7.64. The van der Waals surface area contributed by atoms with Crippen molar-refractivity contribution in [2.24, 2.45) is 0 Å². The number of alkyl halides is 3. The molecular weight excluding hydrogens is 421 g/mol.